The molecule has 0 atom stereocenters. The zero-order chi connectivity index (χ0) is 24.2. The third-order valence-electron chi connectivity index (χ3n) is 5.94. The number of benzene rings is 1. The highest BCUT2D eigenvalue weighted by Crippen LogP contribution is 2.28. The van der Waals surface area contributed by atoms with Crippen LogP contribution in [0.5, 0.6) is 11.5 Å². The van der Waals surface area contributed by atoms with E-state index in [1.165, 1.54) is 14.1 Å². The Bertz CT molecular complexity index is 1120. The highest BCUT2D eigenvalue weighted by Gasteiger charge is 2.25. The van der Waals surface area contributed by atoms with E-state index in [0.717, 1.165) is 32.3 Å². The van der Waals surface area contributed by atoms with Crippen LogP contribution >= 0.6 is 0 Å². The van der Waals surface area contributed by atoms with Gasteiger partial charge in [-0.1, -0.05) is 6.07 Å². The number of hydrogen-bond acceptors (Lipinski definition) is 6. The summed E-state index contributed by atoms with van der Waals surface area (Å²) in [6.07, 6.45) is 3.45. The molecular formula is C23H32N4O5S. The van der Waals surface area contributed by atoms with Gasteiger partial charge >= 0.3 is 0 Å². The molecule has 0 unspecified atom stereocenters. The van der Waals surface area contributed by atoms with Gasteiger partial charge in [-0.25, -0.2) is 0 Å². The van der Waals surface area contributed by atoms with Gasteiger partial charge in [-0.3, -0.25) is 9.78 Å². The molecular weight excluding hydrogens is 444 g/mol. The van der Waals surface area contributed by atoms with Gasteiger partial charge in [-0.2, -0.15) is 17.4 Å². The van der Waals surface area contributed by atoms with Crippen LogP contribution in [0.3, 0.4) is 0 Å². The van der Waals surface area contributed by atoms with Crippen molar-refractivity contribution in [3.8, 4) is 11.5 Å². The number of pyridine rings is 1. The SMILES string of the molecule is COc1ccc(CCC(=O)N2CCc3c(cnc(C)c3CNS(=O)(=O)N(C)C)C2)cc1OC. The fourth-order valence-electron chi connectivity index (χ4n) is 3.91. The highest BCUT2D eigenvalue weighted by atomic mass is 32.2. The van der Waals surface area contributed by atoms with Gasteiger partial charge in [-0.15, -0.1) is 0 Å². The molecule has 1 N–H and O–H groups in total. The van der Waals surface area contributed by atoms with Crippen molar-refractivity contribution >= 4 is 16.1 Å². The van der Waals surface area contributed by atoms with E-state index in [0.29, 0.717) is 43.9 Å². The molecule has 0 bridgehead atoms. The number of rotatable bonds is 9. The van der Waals surface area contributed by atoms with Crippen LogP contribution in [0, 0.1) is 6.92 Å². The minimum atomic E-state index is -3.53. The van der Waals surface area contributed by atoms with Crippen LogP contribution in [0.4, 0.5) is 0 Å². The Hall–Kier alpha value is -2.69. The normalized spacial score (nSPS) is 13.7. The van der Waals surface area contributed by atoms with Gasteiger partial charge in [-0.05, 0) is 54.2 Å². The second-order valence-electron chi connectivity index (χ2n) is 8.19. The molecule has 0 radical (unpaired) electrons. The van der Waals surface area contributed by atoms with Gasteiger partial charge < -0.3 is 14.4 Å². The standard InChI is InChI=1S/C23H32N4O5S/c1-16-20(14-25-33(29,30)26(2)3)19-10-11-27(15-18(19)13-24-16)23(28)9-7-17-6-8-21(31-4)22(12-17)32-5/h6,8,12-13,25H,7,9-11,14-15H2,1-5H3. The number of ether oxygens (including phenoxy) is 2. The Morgan fingerprint density at radius 3 is 2.61 bits per heavy atom. The number of aryl methyl sites for hydroxylation is 2. The summed E-state index contributed by atoms with van der Waals surface area (Å²) < 4.78 is 38.6. The molecule has 1 aliphatic heterocycles. The number of carbonyl (C=O) groups excluding carboxylic acids is 1. The third-order valence-corrected chi connectivity index (χ3v) is 7.41. The quantitative estimate of drug-likeness (QED) is 0.593. The summed E-state index contributed by atoms with van der Waals surface area (Å²) in [6, 6.07) is 5.68. The summed E-state index contributed by atoms with van der Waals surface area (Å²) in [5.41, 5.74) is 4.73. The Morgan fingerprint density at radius 2 is 1.94 bits per heavy atom. The zero-order valence-electron chi connectivity index (χ0n) is 19.8. The average molecular weight is 477 g/mol. The topological polar surface area (TPSA) is 101 Å². The number of carbonyl (C=O) groups is 1. The fourth-order valence-corrected chi connectivity index (χ4v) is 4.49. The van der Waals surface area contributed by atoms with E-state index >= 15 is 0 Å². The van der Waals surface area contributed by atoms with Crippen LogP contribution in [0.2, 0.25) is 0 Å². The Kier molecular flexibility index (Phi) is 7.93. The molecule has 0 saturated heterocycles. The smallest absolute Gasteiger partial charge is 0.279 e. The van der Waals surface area contributed by atoms with Gasteiger partial charge in [0.1, 0.15) is 0 Å². The molecule has 0 fully saturated rings. The lowest BCUT2D eigenvalue weighted by Crippen LogP contribution is -2.38. The van der Waals surface area contributed by atoms with Crippen LogP contribution in [-0.2, 0) is 40.9 Å². The molecule has 180 valence electrons. The van der Waals surface area contributed by atoms with Crippen LogP contribution in [-0.4, -0.2) is 63.4 Å². The van der Waals surface area contributed by atoms with Crippen molar-refractivity contribution < 1.29 is 22.7 Å². The maximum Gasteiger partial charge on any atom is 0.279 e. The van der Waals surface area contributed by atoms with Gasteiger partial charge in [0.2, 0.25) is 5.91 Å². The van der Waals surface area contributed by atoms with Crippen molar-refractivity contribution in [1.82, 2.24) is 18.9 Å². The van der Waals surface area contributed by atoms with Gasteiger partial charge in [0.15, 0.2) is 11.5 Å². The maximum atomic E-state index is 12.9. The lowest BCUT2D eigenvalue weighted by Gasteiger charge is -2.30. The lowest BCUT2D eigenvalue weighted by atomic mass is 9.94. The first-order valence-corrected chi connectivity index (χ1v) is 12.2. The summed E-state index contributed by atoms with van der Waals surface area (Å²) in [5, 5.41) is 0. The molecule has 1 amide bonds. The molecule has 1 aromatic carbocycles. The first-order chi connectivity index (χ1) is 15.7. The summed E-state index contributed by atoms with van der Waals surface area (Å²) in [4.78, 5) is 19.2. The summed E-state index contributed by atoms with van der Waals surface area (Å²) >= 11 is 0. The maximum absolute atomic E-state index is 12.9. The largest absolute Gasteiger partial charge is 0.493 e. The average Bonchev–Trinajstić information content (AvgIpc) is 2.81. The first kappa shape index (κ1) is 24.9. The van der Waals surface area contributed by atoms with Crippen molar-refractivity contribution in [3.63, 3.8) is 0 Å². The molecule has 2 heterocycles. The number of hydrogen-bond donors (Lipinski definition) is 1. The van der Waals surface area contributed by atoms with E-state index < -0.39 is 10.2 Å². The van der Waals surface area contributed by atoms with Crippen molar-refractivity contribution in [1.29, 1.82) is 0 Å². The van der Waals surface area contributed by atoms with E-state index in [9.17, 15) is 13.2 Å². The molecule has 33 heavy (non-hydrogen) atoms. The molecule has 3 rings (SSSR count). The van der Waals surface area contributed by atoms with Gasteiger partial charge in [0.25, 0.3) is 10.2 Å². The summed E-state index contributed by atoms with van der Waals surface area (Å²) in [6.45, 7) is 3.12. The van der Waals surface area contributed by atoms with Gasteiger partial charge in [0.05, 0.1) is 14.2 Å². The fraction of sp³-hybridized carbons (Fsp3) is 0.478. The predicted octanol–water partition coefficient (Wildman–Crippen LogP) is 1.82. The Balaban J connectivity index is 1.66. The van der Waals surface area contributed by atoms with Crippen LogP contribution < -0.4 is 14.2 Å². The van der Waals surface area contributed by atoms with E-state index in [1.54, 1.807) is 20.4 Å². The predicted molar refractivity (Wildman–Crippen MR) is 125 cm³/mol. The van der Waals surface area contributed by atoms with Crippen LogP contribution in [0.15, 0.2) is 24.4 Å². The van der Waals surface area contributed by atoms with Crippen molar-refractivity contribution in [2.24, 2.45) is 0 Å². The molecule has 0 saturated carbocycles. The van der Waals surface area contributed by atoms with Crippen molar-refractivity contribution in [2.75, 3.05) is 34.9 Å². The second-order valence-corrected chi connectivity index (χ2v) is 10.2. The van der Waals surface area contributed by atoms with Gasteiger partial charge in [0, 0.05) is 52.0 Å². The zero-order valence-corrected chi connectivity index (χ0v) is 20.7. The lowest BCUT2D eigenvalue weighted by molar-refractivity contribution is -0.132. The summed E-state index contributed by atoms with van der Waals surface area (Å²) in [5.74, 6) is 1.38. The molecule has 0 spiro atoms. The molecule has 1 aromatic heterocycles. The number of methoxy groups -OCH3 is 2. The number of aromatic nitrogens is 1. The van der Waals surface area contributed by atoms with E-state index in [1.807, 2.05) is 30.0 Å². The molecule has 1 aliphatic rings. The van der Waals surface area contributed by atoms with Crippen LogP contribution in [0.1, 0.15) is 34.4 Å². The second kappa shape index (κ2) is 10.5. The number of nitrogens with zero attached hydrogens (tertiary/aromatic N) is 3. The number of amides is 1. The number of fused-ring (bicyclic) bond motifs is 1. The monoisotopic (exact) mass is 476 g/mol. The van der Waals surface area contributed by atoms with Crippen LogP contribution in [0.25, 0.3) is 0 Å². The number of nitrogens with one attached hydrogen (secondary N) is 1. The molecule has 10 heteroatoms. The highest BCUT2D eigenvalue weighted by molar-refractivity contribution is 7.87. The molecule has 2 aromatic rings. The van der Waals surface area contributed by atoms with Crippen molar-refractivity contribution in [3.05, 3.63) is 52.3 Å². The minimum Gasteiger partial charge on any atom is -0.493 e. The third kappa shape index (κ3) is 5.82. The molecule has 0 aliphatic carbocycles. The first-order valence-electron chi connectivity index (χ1n) is 10.8. The van der Waals surface area contributed by atoms with Crippen molar-refractivity contribution in [2.45, 2.75) is 39.3 Å². The van der Waals surface area contributed by atoms with E-state index in [2.05, 4.69) is 9.71 Å². The minimum absolute atomic E-state index is 0.0749. The Labute approximate surface area is 195 Å². The summed E-state index contributed by atoms with van der Waals surface area (Å²) in [7, 11) is 2.62. The Morgan fingerprint density at radius 1 is 1.21 bits per heavy atom. The van der Waals surface area contributed by atoms with E-state index in [-0.39, 0.29) is 12.5 Å². The van der Waals surface area contributed by atoms with E-state index in [4.69, 9.17) is 9.47 Å². The molecule has 9 nitrogen and oxygen atoms in total.